The molecule has 0 saturated carbocycles. The van der Waals surface area contributed by atoms with E-state index in [-0.39, 0.29) is 17.0 Å². The molecule has 2 aliphatic heterocycles. The SMILES string of the molecule is CC(=O)NC1C(COP(=O)(O)OP(=O)(O)OC[C@@H]2O[C@H](n3cnc4c(N)ncnc43)C(O)C2O)O[C@@H](O)C1O. The monoisotopic (exact) mass is 600 g/mol. The molecule has 2 aromatic rings. The first-order chi connectivity index (χ1) is 18.2. The van der Waals surface area contributed by atoms with Crippen LogP contribution >= 0.6 is 15.6 Å². The molecule has 0 aromatic carbocycles. The maximum atomic E-state index is 12.3. The molecular formula is C17H26N6O14P2. The number of carbonyl (C=O) groups is 1. The molecular weight excluding hydrogens is 574 g/mol. The number of nitrogens with zero attached hydrogens (tertiary/aromatic N) is 4. The first-order valence-corrected chi connectivity index (χ1v) is 14.1. The molecule has 218 valence electrons. The van der Waals surface area contributed by atoms with Crippen molar-refractivity contribution < 1.29 is 67.0 Å². The minimum absolute atomic E-state index is 0.0539. The standard InChI is InChI=1S/C17H26N6O14P2/c1-6(24)22-9-7(36-17(28)12(9)26)2-33-38(29,30)37-39(31,32)34-3-8-11(25)13(27)16(35-8)23-5-21-10-14(18)19-4-20-15(10)23/h4-5,7-9,11-13,16-17,25-28H,2-3H2,1H3,(H,22,24)(H,29,30)(H,31,32)(H2,18,19,20)/t7?,8-,9?,11?,12?,13?,16-,17+/m0/s1. The molecule has 0 aliphatic carbocycles. The third-order valence-corrected chi connectivity index (χ3v) is 8.36. The summed E-state index contributed by atoms with van der Waals surface area (Å²) in [4.78, 5) is 42.9. The summed E-state index contributed by atoms with van der Waals surface area (Å²) in [7, 11) is -10.7. The Hall–Kier alpha value is -2.16. The zero-order valence-corrected chi connectivity index (χ0v) is 21.7. The van der Waals surface area contributed by atoms with Gasteiger partial charge in [0, 0.05) is 6.92 Å². The fraction of sp³-hybridized carbons (Fsp3) is 0.647. The summed E-state index contributed by atoms with van der Waals surface area (Å²) in [6.45, 7) is -0.637. The van der Waals surface area contributed by atoms with Crippen molar-refractivity contribution in [3.8, 4) is 0 Å². The lowest BCUT2D eigenvalue weighted by Crippen LogP contribution is -2.48. The first kappa shape index (κ1) is 29.8. The van der Waals surface area contributed by atoms with Gasteiger partial charge >= 0.3 is 15.6 Å². The van der Waals surface area contributed by atoms with Crippen LogP contribution in [0.25, 0.3) is 11.2 Å². The van der Waals surface area contributed by atoms with E-state index in [0.717, 1.165) is 13.3 Å². The van der Waals surface area contributed by atoms with E-state index in [9.17, 15) is 44.1 Å². The molecule has 1 amide bonds. The van der Waals surface area contributed by atoms with Crippen molar-refractivity contribution in [1.82, 2.24) is 24.8 Å². The number of aliphatic hydroxyl groups is 4. The van der Waals surface area contributed by atoms with Crippen LogP contribution in [0.3, 0.4) is 0 Å². The normalized spacial score (nSPS) is 34.1. The van der Waals surface area contributed by atoms with Gasteiger partial charge in [-0.1, -0.05) is 0 Å². The number of carbonyl (C=O) groups excluding carboxylic acids is 1. The average Bonchev–Trinajstić information content (AvgIpc) is 3.47. The van der Waals surface area contributed by atoms with Crippen molar-refractivity contribution in [1.29, 1.82) is 0 Å². The highest BCUT2D eigenvalue weighted by Crippen LogP contribution is 2.60. The molecule has 10 atom stereocenters. The van der Waals surface area contributed by atoms with Gasteiger partial charge in [-0.15, -0.1) is 0 Å². The number of ether oxygens (including phenoxy) is 2. The first-order valence-electron chi connectivity index (χ1n) is 11.1. The van der Waals surface area contributed by atoms with Crippen LogP contribution in [0.4, 0.5) is 5.82 Å². The number of aliphatic hydroxyl groups excluding tert-OH is 4. The van der Waals surface area contributed by atoms with Gasteiger partial charge in [-0.05, 0) is 0 Å². The van der Waals surface area contributed by atoms with Crippen LogP contribution in [0.15, 0.2) is 12.7 Å². The molecule has 2 saturated heterocycles. The Balaban J connectivity index is 1.34. The van der Waals surface area contributed by atoms with E-state index in [1.807, 2.05) is 0 Å². The van der Waals surface area contributed by atoms with Crippen LogP contribution in [0.1, 0.15) is 13.2 Å². The van der Waals surface area contributed by atoms with E-state index < -0.39 is 83.8 Å². The number of phosphoric ester groups is 2. The van der Waals surface area contributed by atoms with Gasteiger partial charge in [0.25, 0.3) is 0 Å². The van der Waals surface area contributed by atoms with Gasteiger partial charge in [-0.2, -0.15) is 4.31 Å². The molecule has 2 aromatic heterocycles. The van der Waals surface area contributed by atoms with Gasteiger partial charge in [0.15, 0.2) is 24.0 Å². The Kier molecular flexibility index (Phi) is 8.70. The maximum absolute atomic E-state index is 12.3. The molecule has 4 heterocycles. The van der Waals surface area contributed by atoms with Gasteiger partial charge in [0.2, 0.25) is 5.91 Å². The molecule has 22 heteroatoms. The fourth-order valence-corrected chi connectivity index (χ4v) is 6.05. The lowest BCUT2D eigenvalue weighted by atomic mass is 10.1. The van der Waals surface area contributed by atoms with Gasteiger partial charge in [0.1, 0.15) is 42.4 Å². The summed E-state index contributed by atoms with van der Waals surface area (Å²) < 4.78 is 49.7. The van der Waals surface area contributed by atoms with Crippen LogP contribution in [0.2, 0.25) is 0 Å². The number of hydrogen-bond donors (Lipinski definition) is 8. The second kappa shape index (κ2) is 11.4. The second-order valence-electron chi connectivity index (χ2n) is 8.52. The number of rotatable bonds is 10. The van der Waals surface area contributed by atoms with Crippen molar-refractivity contribution in [3.05, 3.63) is 12.7 Å². The topological polar surface area (TPSA) is 300 Å². The van der Waals surface area contributed by atoms with E-state index in [0.29, 0.717) is 0 Å². The van der Waals surface area contributed by atoms with Crippen LogP contribution < -0.4 is 11.1 Å². The van der Waals surface area contributed by atoms with Gasteiger partial charge in [-0.25, -0.2) is 24.1 Å². The third-order valence-electron chi connectivity index (χ3n) is 5.75. The van der Waals surface area contributed by atoms with Crippen molar-refractivity contribution in [3.63, 3.8) is 0 Å². The molecule has 0 spiro atoms. The molecule has 2 fully saturated rings. The Morgan fingerprint density at radius 2 is 1.67 bits per heavy atom. The number of nitrogens with one attached hydrogen (secondary N) is 1. The lowest BCUT2D eigenvalue weighted by molar-refractivity contribution is -0.132. The fourth-order valence-electron chi connectivity index (χ4n) is 3.96. The second-order valence-corrected chi connectivity index (χ2v) is 11.6. The van der Waals surface area contributed by atoms with Gasteiger partial charge in [-0.3, -0.25) is 18.4 Å². The number of imidazole rings is 1. The summed E-state index contributed by atoms with van der Waals surface area (Å²) in [5, 5.41) is 42.5. The number of hydrogen-bond acceptors (Lipinski definition) is 16. The smallest absolute Gasteiger partial charge is 0.387 e. The summed E-state index contributed by atoms with van der Waals surface area (Å²) >= 11 is 0. The average molecular weight is 600 g/mol. The number of phosphoric acid groups is 2. The quantitative estimate of drug-likeness (QED) is 0.125. The molecule has 2 aliphatic rings. The minimum atomic E-state index is -5.34. The van der Waals surface area contributed by atoms with Crippen LogP contribution in [0.5, 0.6) is 0 Å². The molecule has 39 heavy (non-hydrogen) atoms. The van der Waals surface area contributed by atoms with Crippen LogP contribution in [0, 0.1) is 0 Å². The van der Waals surface area contributed by atoms with Crippen molar-refractivity contribution in [2.45, 2.75) is 56.0 Å². The van der Waals surface area contributed by atoms with Crippen molar-refractivity contribution in [2.75, 3.05) is 18.9 Å². The maximum Gasteiger partial charge on any atom is 0.481 e. The highest BCUT2D eigenvalue weighted by molar-refractivity contribution is 7.61. The van der Waals surface area contributed by atoms with E-state index in [2.05, 4.69) is 33.6 Å². The number of amides is 1. The number of anilines is 1. The number of nitrogens with two attached hydrogens (primary N) is 1. The van der Waals surface area contributed by atoms with E-state index in [4.69, 9.17) is 15.2 Å². The Labute approximate surface area is 218 Å². The predicted octanol–water partition coefficient (Wildman–Crippen LogP) is -3.14. The Bertz CT molecular complexity index is 1300. The van der Waals surface area contributed by atoms with E-state index in [1.54, 1.807) is 0 Å². The Morgan fingerprint density at radius 3 is 2.31 bits per heavy atom. The zero-order chi connectivity index (χ0) is 28.7. The third kappa shape index (κ3) is 6.60. The highest BCUT2D eigenvalue weighted by Gasteiger charge is 2.47. The summed E-state index contributed by atoms with van der Waals surface area (Å²) in [6, 6.07) is -1.23. The summed E-state index contributed by atoms with van der Waals surface area (Å²) in [6.07, 6.45) is -8.21. The zero-order valence-electron chi connectivity index (χ0n) is 19.9. The number of fused-ring (bicyclic) bond motifs is 1. The molecule has 0 radical (unpaired) electrons. The number of nitrogen functional groups attached to an aromatic ring is 1. The lowest BCUT2D eigenvalue weighted by Gasteiger charge is -2.22. The number of aromatic nitrogens is 4. The van der Waals surface area contributed by atoms with Crippen molar-refractivity contribution in [2.24, 2.45) is 0 Å². The molecule has 7 unspecified atom stereocenters. The molecule has 0 bridgehead atoms. The van der Waals surface area contributed by atoms with Crippen LogP contribution in [-0.4, -0.2) is 112 Å². The van der Waals surface area contributed by atoms with E-state index in [1.165, 1.54) is 10.9 Å². The summed E-state index contributed by atoms with van der Waals surface area (Å²) in [5.41, 5.74) is 6.09. The minimum Gasteiger partial charge on any atom is -0.387 e. The largest absolute Gasteiger partial charge is 0.481 e. The molecule has 9 N–H and O–H groups in total. The molecule has 4 rings (SSSR count). The van der Waals surface area contributed by atoms with Gasteiger partial charge < -0.3 is 50.7 Å². The van der Waals surface area contributed by atoms with Crippen molar-refractivity contribution >= 4 is 38.5 Å². The highest BCUT2D eigenvalue weighted by atomic mass is 31.3. The Morgan fingerprint density at radius 1 is 1.03 bits per heavy atom. The summed E-state index contributed by atoms with van der Waals surface area (Å²) in [5.74, 6) is -0.557. The van der Waals surface area contributed by atoms with Crippen LogP contribution in [-0.2, 0) is 36.8 Å². The van der Waals surface area contributed by atoms with E-state index >= 15 is 0 Å². The van der Waals surface area contributed by atoms with Gasteiger partial charge in [0.05, 0.1) is 25.6 Å². The predicted molar refractivity (Wildman–Crippen MR) is 123 cm³/mol. The molecule has 20 nitrogen and oxygen atoms in total.